The van der Waals surface area contributed by atoms with Crippen LogP contribution in [0.15, 0.2) is 12.7 Å². The van der Waals surface area contributed by atoms with Crippen molar-refractivity contribution in [3.63, 3.8) is 0 Å². The van der Waals surface area contributed by atoms with Gasteiger partial charge in [-0.2, -0.15) is 5.10 Å². The molecule has 1 aromatic rings. The van der Waals surface area contributed by atoms with Crippen molar-refractivity contribution in [1.82, 2.24) is 25.0 Å². The summed E-state index contributed by atoms with van der Waals surface area (Å²) in [6.07, 6.45) is 4.65. The van der Waals surface area contributed by atoms with Crippen LogP contribution < -0.4 is 5.32 Å². The maximum Gasteiger partial charge on any atom is 0.222 e. The molecular weight excluding hydrogens is 366 g/mol. The number of nitrogens with one attached hydrogen (secondary N) is 1. The standard InChI is InChI=1S/C15H27N5O3S.ClH/c1-12(2)13-8-19(6-7-24(3,22)23)9-14(13)18-15(21)4-5-20-11-16-10-17-20;/h10-14H,4-9H2,1-3H3,(H,18,21);1H/t13-,14+;/m1./s1. The summed E-state index contributed by atoms with van der Waals surface area (Å²) in [6, 6.07) is 0.0628. The predicted molar refractivity (Wildman–Crippen MR) is 98.3 cm³/mol. The number of sulfone groups is 1. The molecule has 0 radical (unpaired) electrons. The Balaban J connectivity index is 0.00000312. The van der Waals surface area contributed by atoms with E-state index >= 15 is 0 Å². The van der Waals surface area contributed by atoms with Crippen molar-refractivity contribution in [2.24, 2.45) is 11.8 Å². The highest BCUT2D eigenvalue weighted by molar-refractivity contribution is 7.90. The SMILES string of the molecule is CC(C)[C@H]1CN(CCS(C)(=O)=O)C[C@@H]1NC(=O)CCn1cncn1.Cl. The Hall–Kier alpha value is -1.19. The molecule has 1 amide bonds. The minimum absolute atomic E-state index is 0. The van der Waals surface area contributed by atoms with E-state index < -0.39 is 9.84 Å². The minimum Gasteiger partial charge on any atom is -0.352 e. The van der Waals surface area contributed by atoms with E-state index in [1.807, 2.05) is 0 Å². The molecule has 2 rings (SSSR count). The van der Waals surface area contributed by atoms with Crippen molar-refractivity contribution in [3.8, 4) is 0 Å². The molecule has 2 atom stereocenters. The van der Waals surface area contributed by atoms with Gasteiger partial charge in [0, 0.05) is 38.4 Å². The summed E-state index contributed by atoms with van der Waals surface area (Å²) in [5, 5.41) is 7.09. The first-order valence-corrected chi connectivity index (χ1v) is 10.3. The van der Waals surface area contributed by atoms with Gasteiger partial charge in [0.05, 0.1) is 12.3 Å². The molecule has 0 saturated carbocycles. The zero-order valence-corrected chi connectivity index (χ0v) is 16.6. The summed E-state index contributed by atoms with van der Waals surface area (Å²) in [6.45, 7) is 6.82. The van der Waals surface area contributed by atoms with Crippen molar-refractivity contribution in [1.29, 1.82) is 0 Å². The molecule has 1 N–H and O–H groups in total. The molecule has 2 heterocycles. The normalized spacial score (nSPS) is 21.3. The van der Waals surface area contributed by atoms with Crippen LogP contribution in [0.1, 0.15) is 20.3 Å². The van der Waals surface area contributed by atoms with Gasteiger partial charge in [-0.25, -0.2) is 13.4 Å². The number of hydrogen-bond acceptors (Lipinski definition) is 6. The lowest BCUT2D eigenvalue weighted by Crippen LogP contribution is -2.42. The van der Waals surface area contributed by atoms with Crippen LogP contribution in [0.3, 0.4) is 0 Å². The fourth-order valence-corrected chi connectivity index (χ4v) is 3.65. The minimum atomic E-state index is -2.97. The van der Waals surface area contributed by atoms with Crippen molar-refractivity contribution in [3.05, 3.63) is 12.7 Å². The monoisotopic (exact) mass is 393 g/mol. The Kier molecular flexibility index (Phi) is 8.30. The highest BCUT2D eigenvalue weighted by Gasteiger charge is 2.35. The highest BCUT2D eigenvalue weighted by Crippen LogP contribution is 2.24. The molecule has 0 aromatic carbocycles. The van der Waals surface area contributed by atoms with Gasteiger partial charge in [0.2, 0.25) is 5.91 Å². The topological polar surface area (TPSA) is 97.2 Å². The Morgan fingerprint density at radius 1 is 1.32 bits per heavy atom. The van der Waals surface area contributed by atoms with E-state index in [0.29, 0.717) is 37.9 Å². The second kappa shape index (κ2) is 9.49. The molecule has 1 aromatic heterocycles. The number of rotatable bonds is 8. The number of nitrogens with zero attached hydrogens (tertiary/aromatic N) is 4. The van der Waals surface area contributed by atoms with Crippen LogP contribution in [0.5, 0.6) is 0 Å². The Bertz CT molecular complexity index is 636. The lowest BCUT2D eigenvalue weighted by atomic mass is 9.91. The van der Waals surface area contributed by atoms with Gasteiger partial charge in [-0.15, -0.1) is 12.4 Å². The molecule has 10 heteroatoms. The van der Waals surface area contributed by atoms with Crippen molar-refractivity contribution >= 4 is 28.2 Å². The Morgan fingerprint density at radius 3 is 2.60 bits per heavy atom. The molecule has 1 aliphatic rings. The molecule has 1 saturated heterocycles. The van der Waals surface area contributed by atoms with Gasteiger partial charge in [-0.3, -0.25) is 14.4 Å². The fourth-order valence-electron chi connectivity index (χ4n) is 3.06. The van der Waals surface area contributed by atoms with Crippen LogP contribution >= 0.6 is 12.4 Å². The van der Waals surface area contributed by atoms with E-state index in [-0.39, 0.29) is 30.1 Å². The lowest BCUT2D eigenvalue weighted by Gasteiger charge is -2.23. The second-order valence-electron chi connectivity index (χ2n) is 6.88. The first-order chi connectivity index (χ1) is 11.2. The molecule has 1 aliphatic heterocycles. The molecule has 25 heavy (non-hydrogen) atoms. The van der Waals surface area contributed by atoms with Crippen LogP contribution in [0, 0.1) is 11.8 Å². The molecular formula is C15H28ClN5O3S. The van der Waals surface area contributed by atoms with Gasteiger partial charge in [0.15, 0.2) is 0 Å². The maximum atomic E-state index is 12.2. The van der Waals surface area contributed by atoms with Crippen molar-refractivity contribution in [2.75, 3.05) is 31.6 Å². The van der Waals surface area contributed by atoms with Gasteiger partial charge >= 0.3 is 0 Å². The summed E-state index contributed by atoms with van der Waals surface area (Å²) < 4.78 is 24.3. The number of likely N-dealkylation sites (tertiary alicyclic amines) is 1. The summed E-state index contributed by atoms with van der Waals surface area (Å²) >= 11 is 0. The number of aryl methyl sites for hydroxylation is 1. The summed E-state index contributed by atoms with van der Waals surface area (Å²) in [5.74, 6) is 0.907. The number of carbonyl (C=O) groups excluding carboxylic acids is 1. The molecule has 0 aliphatic carbocycles. The van der Waals surface area contributed by atoms with Crippen molar-refractivity contribution < 1.29 is 13.2 Å². The maximum absolute atomic E-state index is 12.2. The van der Waals surface area contributed by atoms with Crippen LogP contribution in [0.2, 0.25) is 0 Å². The average Bonchev–Trinajstić information content (AvgIpc) is 3.11. The fraction of sp³-hybridized carbons (Fsp3) is 0.800. The van der Waals surface area contributed by atoms with Gasteiger partial charge in [-0.1, -0.05) is 13.8 Å². The van der Waals surface area contributed by atoms with Crippen molar-refractivity contribution in [2.45, 2.75) is 32.9 Å². The Morgan fingerprint density at radius 2 is 2.04 bits per heavy atom. The highest BCUT2D eigenvalue weighted by atomic mass is 35.5. The van der Waals surface area contributed by atoms with Gasteiger partial charge in [0.1, 0.15) is 22.5 Å². The largest absolute Gasteiger partial charge is 0.352 e. The van der Waals surface area contributed by atoms with Gasteiger partial charge < -0.3 is 5.32 Å². The van der Waals surface area contributed by atoms with Crippen LogP contribution in [-0.4, -0.2) is 71.7 Å². The van der Waals surface area contributed by atoms with Crippen LogP contribution in [-0.2, 0) is 21.2 Å². The number of hydrogen-bond donors (Lipinski definition) is 1. The molecule has 0 bridgehead atoms. The number of halogens is 1. The second-order valence-corrected chi connectivity index (χ2v) is 9.14. The first-order valence-electron chi connectivity index (χ1n) is 8.26. The molecule has 8 nitrogen and oxygen atoms in total. The number of carbonyl (C=O) groups is 1. The quantitative estimate of drug-likeness (QED) is 0.678. The van der Waals surface area contributed by atoms with E-state index in [2.05, 4.69) is 34.1 Å². The zero-order valence-electron chi connectivity index (χ0n) is 15.0. The molecule has 0 spiro atoms. The van der Waals surface area contributed by atoms with E-state index in [4.69, 9.17) is 0 Å². The first kappa shape index (κ1) is 21.9. The molecule has 144 valence electrons. The smallest absolute Gasteiger partial charge is 0.222 e. The molecule has 1 fully saturated rings. The van der Waals surface area contributed by atoms with E-state index in [1.54, 1.807) is 11.0 Å². The third-order valence-corrected chi connectivity index (χ3v) is 5.38. The Labute approximate surface area is 155 Å². The van der Waals surface area contributed by atoms with Crippen LogP contribution in [0.25, 0.3) is 0 Å². The predicted octanol–water partition coefficient (Wildman–Crippen LogP) is 0.207. The van der Waals surface area contributed by atoms with Gasteiger partial charge in [-0.05, 0) is 11.8 Å². The van der Waals surface area contributed by atoms with E-state index in [9.17, 15) is 13.2 Å². The summed E-state index contributed by atoms with van der Waals surface area (Å²) in [7, 11) is -2.97. The number of aromatic nitrogens is 3. The zero-order chi connectivity index (χ0) is 17.7. The summed E-state index contributed by atoms with van der Waals surface area (Å²) in [4.78, 5) is 18.2. The van der Waals surface area contributed by atoms with Crippen LogP contribution in [0.4, 0.5) is 0 Å². The van der Waals surface area contributed by atoms with Gasteiger partial charge in [0.25, 0.3) is 0 Å². The van der Waals surface area contributed by atoms with E-state index in [0.717, 1.165) is 6.54 Å². The summed E-state index contributed by atoms with van der Waals surface area (Å²) in [5.41, 5.74) is 0. The average molecular weight is 394 g/mol. The third-order valence-electron chi connectivity index (χ3n) is 4.46. The van der Waals surface area contributed by atoms with E-state index in [1.165, 1.54) is 12.6 Å². The number of amides is 1. The third kappa shape index (κ3) is 7.29. The molecule has 0 unspecified atom stereocenters. The lowest BCUT2D eigenvalue weighted by molar-refractivity contribution is -0.122.